The van der Waals surface area contributed by atoms with Gasteiger partial charge in [-0.25, -0.2) is 4.98 Å². The third kappa shape index (κ3) is 5.26. The first kappa shape index (κ1) is 20.2. The lowest BCUT2D eigenvalue weighted by Gasteiger charge is -2.12. The second-order valence-corrected chi connectivity index (χ2v) is 7.40. The van der Waals surface area contributed by atoms with Gasteiger partial charge < -0.3 is 14.8 Å². The van der Waals surface area contributed by atoms with E-state index in [0.29, 0.717) is 11.4 Å². The SMILES string of the molecule is COc1ccc(NC(=O)Cc2csc(-c3cccc(Br)c3)n2)cc1OC(F)F. The molecule has 0 saturated carbocycles. The minimum atomic E-state index is -2.99. The number of nitrogens with zero attached hydrogens (tertiary/aromatic N) is 1. The normalized spacial score (nSPS) is 10.8. The molecular formula is C19H15BrF2N2O3S. The first-order valence-corrected chi connectivity index (χ1v) is 9.75. The molecule has 146 valence electrons. The van der Waals surface area contributed by atoms with Crippen LogP contribution in [-0.4, -0.2) is 24.6 Å². The van der Waals surface area contributed by atoms with Crippen molar-refractivity contribution in [3.8, 4) is 22.1 Å². The molecule has 0 bridgehead atoms. The molecule has 2 aromatic carbocycles. The summed E-state index contributed by atoms with van der Waals surface area (Å²) in [4.78, 5) is 16.8. The minimum absolute atomic E-state index is 0.0571. The summed E-state index contributed by atoms with van der Waals surface area (Å²) in [6.07, 6.45) is 0.0571. The van der Waals surface area contributed by atoms with Gasteiger partial charge in [0.05, 0.1) is 19.2 Å². The second kappa shape index (κ2) is 9.11. The average Bonchev–Trinajstić information content (AvgIpc) is 3.10. The molecule has 3 aromatic rings. The molecule has 0 aliphatic heterocycles. The van der Waals surface area contributed by atoms with Crippen LogP contribution in [0.2, 0.25) is 0 Å². The quantitative estimate of drug-likeness (QED) is 0.506. The van der Waals surface area contributed by atoms with Crippen LogP contribution < -0.4 is 14.8 Å². The number of nitrogens with one attached hydrogen (secondary N) is 1. The molecule has 28 heavy (non-hydrogen) atoms. The third-order valence-electron chi connectivity index (χ3n) is 3.63. The van der Waals surface area contributed by atoms with Gasteiger partial charge in [-0.05, 0) is 24.3 Å². The highest BCUT2D eigenvalue weighted by molar-refractivity contribution is 9.10. The Morgan fingerprint density at radius 3 is 2.79 bits per heavy atom. The number of amides is 1. The maximum absolute atomic E-state index is 12.5. The van der Waals surface area contributed by atoms with E-state index in [-0.39, 0.29) is 23.8 Å². The summed E-state index contributed by atoms with van der Waals surface area (Å²) in [5.41, 5.74) is 1.90. The molecule has 3 rings (SSSR count). The standard InChI is InChI=1S/C19H15BrF2N2O3S/c1-26-15-6-5-13(8-16(15)27-19(21)22)23-17(25)9-14-10-28-18(24-14)11-3-2-4-12(20)7-11/h2-8,10,19H,9H2,1H3,(H,23,25). The van der Waals surface area contributed by atoms with Gasteiger partial charge in [0.15, 0.2) is 11.5 Å². The van der Waals surface area contributed by atoms with Gasteiger partial charge in [-0.1, -0.05) is 28.1 Å². The predicted octanol–water partition coefficient (Wildman–Crippen LogP) is 5.36. The number of carbonyl (C=O) groups is 1. The molecule has 0 radical (unpaired) electrons. The van der Waals surface area contributed by atoms with Crippen LogP contribution in [0.15, 0.2) is 52.3 Å². The van der Waals surface area contributed by atoms with E-state index in [1.165, 1.54) is 30.6 Å². The van der Waals surface area contributed by atoms with Gasteiger partial charge in [-0.15, -0.1) is 11.3 Å². The van der Waals surface area contributed by atoms with Gasteiger partial charge in [0.2, 0.25) is 5.91 Å². The molecule has 0 fully saturated rings. The fourth-order valence-corrected chi connectivity index (χ4v) is 3.67. The monoisotopic (exact) mass is 468 g/mol. The molecule has 0 saturated heterocycles. The lowest BCUT2D eigenvalue weighted by atomic mass is 10.2. The summed E-state index contributed by atoms with van der Waals surface area (Å²) >= 11 is 4.86. The van der Waals surface area contributed by atoms with Crippen molar-refractivity contribution in [2.75, 3.05) is 12.4 Å². The number of ether oxygens (including phenoxy) is 2. The molecule has 1 heterocycles. The number of alkyl halides is 2. The summed E-state index contributed by atoms with van der Waals surface area (Å²) < 4.78 is 35.4. The van der Waals surface area contributed by atoms with Crippen molar-refractivity contribution >= 4 is 38.9 Å². The maximum atomic E-state index is 12.5. The van der Waals surface area contributed by atoms with Crippen molar-refractivity contribution < 1.29 is 23.0 Å². The van der Waals surface area contributed by atoms with Crippen molar-refractivity contribution in [1.82, 2.24) is 4.98 Å². The van der Waals surface area contributed by atoms with Crippen LogP contribution in [0.25, 0.3) is 10.6 Å². The van der Waals surface area contributed by atoms with Crippen LogP contribution in [-0.2, 0) is 11.2 Å². The highest BCUT2D eigenvalue weighted by atomic mass is 79.9. The van der Waals surface area contributed by atoms with Gasteiger partial charge in [0, 0.05) is 27.2 Å². The lowest BCUT2D eigenvalue weighted by molar-refractivity contribution is -0.115. The second-order valence-electron chi connectivity index (χ2n) is 5.62. The summed E-state index contributed by atoms with van der Waals surface area (Å²) in [5, 5.41) is 5.27. The number of aromatic nitrogens is 1. The number of hydrogen-bond acceptors (Lipinski definition) is 5. The van der Waals surface area contributed by atoms with Crippen molar-refractivity contribution in [2.45, 2.75) is 13.0 Å². The number of anilines is 1. The molecule has 0 aliphatic carbocycles. The zero-order chi connectivity index (χ0) is 20.1. The van der Waals surface area contributed by atoms with E-state index < -0.39 is 6.61 Å². The Morgan fingerprint density at radius 2 is 2.07 bits per heavy atom. The van der Waals surface area contributed by atoms with Crippen LogP contribution in [0.1, 0.15) is 5.69 Å². The average molecular weight is 469 g/mol. The Morgan fingerprint density at radius 1 is 1.25 bits per heavy atom. The Kier molecular flexibility index (Phi) is 6.58. The van der Waals surface area contributed by atoms with Crippen molar-refractivity contribution in [3.05, 3.63) is 58.0 Å². The van der Waals surface area contributed by atoms with Crippen LogP contribution in [0, 0.1) is 0 Å². The fraction of sp³-hybridized carbons (Fsp3) is 0.158. The molecule has 0 spiro atoms. The highest BCUT2D eigenvalue weighted by Gasteiger charge is 2.14. The van der Waals surface area contributed by atoms with Crippen LogP contribution in [0.5, 0.6) is 11.5 Å². The van der Waals surface area contributed by atoms with Crippen LogP contribution >= 0.6 is 27.3 Å². The molecule has 1 N–H and O–H groups in total. The van der Waals surface area contributed by atoms with Crippen molar-refractivity contribution in [2.24, 2.45) is 0 Å². The largest absolute Gasteiger partial charge is 0.493 e. The molecule has 0 unspecified atom stereocenters. The van der Waals surface area contributed by atoms with Crippen LogP contribution in [0.4, 0.5) is 14.5 Å². The number of rotatable bonds is 7. The Hall–Kier alpha value is -2.52. The summed E-state index contributed by atoms with van der Waals surface area (Å²) in [5.74, 6) is -0.323. The summed E-state index contributed by atoms with van der Waals surface area (Å²) in [7, 11) is 1.34. The van der Waals surface area contributed by atoms with E-state index >= 15 is 0 Å². The molecule has 9 heteroatoms. The zero-order valence-electron chi connectivity index (χ0n) is 14.6. The van der Waals surface area contributed by atoms with Crippen molar-refractivity contribution in [3.63, 3.8) is 0 Å². The smallest absolute Gasteiger partial charge is 0.387 e. The molecule has 0 aliphatic rings. The zero-order valence-corrected chi connectivity index (χ0v) is 17.0. The number of halogens is 3. The first-order chi connectivity index (χ1) is 13.4. The Balaban J connectivity index is 1.68. The third-order valence-corrected chi connectivity index (χ3v) is 5.06. The lowest BCUT2D eigenvalue weighted by Crippen LogP contribution is -2.15. The predicted molar refractivity (Wildman–Crippen MR) is 107 cm³/mol. The molecule has 1 aromatic heterocycles. The number of thiazole rings is 1. The van der Waals surface area contributed by atoms with E-state index in [0.717, 1.165) is 15.0 Å². The minimum Gasteiger partial charge on any atom is -0.493 e. The Labute approximate surface area is 172 Å². The van der Waals surface area contributed by atoms with Crippen molar-refractivity contribution in [1.29, 1.82) is 0 Å². The van der Waals surface area contributed by atoms with E-state index in [1.807, 2.05) is 29.6 Å². The fourth-order valence-electron chi connectivity index (χ4n) is 2.45. The molecule has 0 atom stereocenters. The summed E-state index contributed by atoms with van der Waals surface area (Å²) in [6, 6.07) is 12.0. The molecule has 1 amide bonds. The van der Waals surface area contributed by atoms with E-state index in [2.05, 4.69) is 31.0 Å². The highest BCUT2D eigenvalue weighted by Crippen LogP contribution is 2.31. The number of benzene rings is 2. The topological polar surface area (TPSA) is 60.5 Å². The van der Waals surface area contributed by atoms with Gasteiger partial charge >= 0.3 is 6.61 Å². The Bertz CT molecular complexity index is 981. The molecule has 5 nitrogen and oxygen atoms in total. The maximum Gasteiger partial charge on any atom is 0.387 e. The number of methoxy groups -OCH3 is 1. The van der Waals surface area contributed by atoms with E-state index in [4.69, 9.17) is 4.74 Å². The van der Waals surface area contributed by atoms with Gasteiger partial charge in [-0.2, -0.15) is 8.78 Å². The van der Waals surface area contributed by atoms with E-state index in [9.17, 15) is 13.6 Å². The van der Waals surface area contributed by atoms with Gasteiger partial charge in [-0.3, -0.25) is 4.79 Å². The van der Waals surface area contributed by atoms with Gasteiger partial charge in [0.1, 0.15) is 5.01 Å². The first-order valence-electron chi connectivity index (χ1n) is 8.07. The van der Waals surface area contributed by atoms with E-state index in [1.54, 1.807) is 6.07 Å². The van der Waals surface area contributed by atoms with Gasteiger partial charge in [0.25, 0.3) is 0 Å². The van der Waals surface area contributed by atoms with Crippen LogP contribution in [0.3, 0.4) is 0 Å². The number of hydrogen-bond donors (Lipinski definition) is 1. The number of carbonyl (C=O) groups excluding carboxylic acids is 1. The molecular weight excluding hydrogens is 454 g/mol. The summed E-state index contributed by atoms with van der Waals surface area (Å²) in [6.45, 7) is -2.99.